The maximum Gasteiger partial charge on any atom is 0.416 e. The first-order valence-corrected chi connectivity index (χ1v) is 5.14. The number of carbonyl (C=O) groups is 2. The van der Waals surface area contributed by atoms with E-state index in [1.54, 1.807) is 0 Å². The van der Waals surface area contributed by atoms with E-state index >= 15 is 0 Å². The van der Waals surface area contributed by atoms with E-state index in [2.05, 4.69) is 4.84 Å². The first kappa shape index (κ1) is 15.0. The molecule has 0 aliphatic rings. The second kappa shape index (κ2) is 6.19. The van der Waals surface area contributed by atoms with E-state index in [0.717, 1.165) is 12.1 Å². The summed E-state index contributed by atoms with van der Waals surface area (Å²) in [5.41, 5.74) is 6.30. The maximum atomic E-state index is 12.3. The molecule has 8 heteroatoms. The van der Waals surface area contributed by atoms with Crippen molar-refractivity contribution in [3.63, 3.8) is 0 Å². The molecular weight excluding hydrogens is 265 g/mol. The molecule has 0 bridgehead atoms. The van der Waals surface area contributed by atoms with Gasteiger partial charge in [0.15, 0.2) is 6.61 Å². The number of hydrogen-bond acceptors (Lipinski definition) is 3. The molecule has 0 aliphatic heterocycles. The third-order valence-corrected chi connectivity index (χ3v) is 2.05. The maximum absolute atomic E-state index is 12.3. The molecule has 0 atom stereocenters. The fourth-order valence-corrected chi connectivity index (χ4v) is 1.22. The highest BCUT2D eigenvalue weighted by Gasteiger charge is 2.29. The van der Waals surface area contributed by atoms with Gasteiger partial charge in [0.05, 0.1) is 12.0 Å². The Morgan fingerprint density at radius 2 is 1.79 bits per heavy atom. The Labute approximate surface area is 106 Å². The van der Waals surface area contributed by atoms with Gasteiger partial charge in [-0.2, -0.15) is 13.2 Å². The molecule has 3 N–H and O–H groups in total. The van der Waals surface area contributed by atoms with E-state index < -0.39 is 30.2 Å². The number of rotatable bonds is 5. The van der Waals surface area contributed by atoms with Gasteiger partial charge in [0.1, 0.15) is 0 Å². The number of alkyl halides is 3. The van der Waals surface area contributed by atoms with Gasteiger partial charge < -0.3 is 5.73 Å². The minimum atomic E-state index is -4.41. The van der Waals surface area contributed by atoms with Gasteiger partial charge in [-0.1, -0.05) is 12.1 Å². The molecule has 0 saturated carbocycles. The second-order valence-electron chi connectivity index (χ2n) is 3.65. The number of carbonyl (C=O) groups excluding carboxylic acids is 2. The summed E-state index contributed by atoms with van der Waals surface area (Å²) in [7, 11) is 0. The van der Waals surface area contributed by atoms with Crippen LogP contribution in [0.4, 0.5) is 13.2 Å². The van der Waals surface area contributed by atoms with Crippen LogP contribution in [0, 0.1) is 0 Å². The van der Waals surface area contributed by atoms with Crippen molar-refractivity contribution in [2.45, 2.75) is 12.6 Å². The molecule has 0 unspecified atom stereocenters. The number of hydrogen-bond donors (Lipinski definition) is 2. The quantitative estimate of drug-likeness (QED) is 0.780. The number of halogens is 3. The largest absolute Gasteiger partial charge is 0.416 e. The van der Waals surface area contributed by atoms with Crippen LogP contribution in [0.1, 0.15) is 11.1 Å². The molecule has 1 aromatic carbocycles. The summed E-state index contributed by atoms with van der Waals surface area (Å²) in [6.07, 6.45) is -4.58. The third kappa shape index (κ3) is 5.38. The molecular formula is C11H11F3N2O3. The van der Waals surface area contributed by atoms with Crippen LogP contribution in [0.25, 0.3) is 0 Å². The average molecular weight is 276 g/mol. The van der Waals surface area contributed by atoms with Crippen molar-refractivity contribution in [3.05, 3.63) is 35.4 Å². The Kier molecular flexibility index (Phi) is 4.87. The first-order valence-electron chi connectivity index (χ1n) is 5.14. The number of hydroxylamine groups is 1. The Morgan fingerprint density at radius 3 is 2.26 bits per heavy atom. The lowest BCUT2D eigenvalue weighted by Crippen LogP contribution is -2.30. The Hall–Kier alpha value is -2.09. The van der Waals surface area contributed by atoms with E-state index in [1.165, 1.54) is 12.1 Å². The molecule has 0 saturated heterocycles. The molecule has 104 valence electrons. The lowest BCUT2D eigenvalue weighted by molar-refractivity contribution is -0.138. The Bertz CT molecular complexity index is 457. The third-order valence-electron chi connectivity index (χ3n) is 2.05. The van der Waals surface area contributed by atoms with Crippen LogP contribution in [0.2, 0.25) is 0 Å². The zero-order chi connectivity index (χ0) is 14.5. The average Bonchev–Trinajstić information content (AvgIpc) is 2.27. The molecule has 0 aliphatic carbocycles. The minimum absolute atomic E-state index is 0.170. The fourth-order valence-electron chi connectivity index (χ4n) is 1.22. The van der Waals surface area contributed by atoms with Crippen molar-refractivity contribution in [1.29, 1.82) is 0 Å². The SMILES string of the molecule is NC(=O)CONC(=O)Cc1ccc(C(F)(F)F)cc1. The molecule has 19 heavy (non-hydrogen) atoms. The lowest BCUT2D eigenvalue weighted by atomic mass is 10.1. The van der Waals surface area contributed by atoms with Crippen molar-refractivity contribution in [1.82, 2.24) is 5.48 Å². The molecule has 0 fully saturated rings. The Balaban J connectivity index is 2.49. The standard InChI is InChI=1S/C11H11F3N2O3/c12-11(13,14)8-3-1-7(2-4-8)5-10(18)16-19-6-9(15)17/h1-4H,5-6H2,(H2,15,17)(H,16,18). The van der Waals surface area contributed by atoms with Gasteiger partial charge in [-0.15, -0.1) is 0 Å². The highest BCUT2D eigenvalue weighted by Crippen LogP contribution is 2.29. The predicted octanol–water partition coefficient (Wildman–Crippen LogP) is 0.781. The lowest BCUT2D eigenvalue weighted by Gasteiger charge is -2.07. The van der Waals surface area contributed by atoms with Gasteiger partial charge in [-0.05, 0) is 17.7 Å². The van der Waals surface area contributed by atoms with E-state index in [4.69, 9.17) is 5.73 Å². The summed E-state index contributed by atoms with van der Waals surface area (Å²) < 4.78 is 36.8. The van der Waals surface area contributed by atoms with Crippen LogP contribution >= 0.6 is 0 Å². The minimum Gasteiger partial charge on any atom is -0.368 e. The second-order valence-corrected chi connectivity index (χ2v) is 3.65. The van der Waals surface area contributed by atoms with Crippen molar-refractivity contribution < 1.29 is 27.6 Å². The number of benzene rings is 1. The van der Waals surface area contributed by atoms with Gasteiger partial charge >= 0.3 is 6.18 Å². The molecule has 5 nitrogen and oxygen atoms in total. The highest BCUT2D eigenvalue weighted by atomic mass is 19.4. The molecule has 1 rings (SSSR count). The van der Waals surface area contributed by atoms with E-state index in [1.807, 2.05) is 5.48 Å². The van der Waals surface area contributed by atoms with Crippen molar-refractivity contribution in [3.8, 4) is 0 Å². The summed E-state index contributed by atoms with van der Waals surface area (Å²) in [5, 5.41) is 0. The van der Waals surface area contributed by atoms with Gasteiger partial charge in [0.2, 0.25) is 11.8 Å². The zero-order valence-corrected chi connectivity index (χ0v) is 9.66. The normalized spacial score (nSPS) is 11.1. The summed E-state index contributed by atoms with van der Waals surface area (Å²) in [6.45, 7) is -0.473. The first-order chi connectivity index (χ1) is 8.79. The summed E-state index contributed by atoms with van der Waals surface area (Å²) in [5.74, 6) is -1.35. The van der Waals surface area contributed by atoms with Crippen molar-refractivity contribution in [2.75, 3.05) is 6.61 Å². The van der Waals surface area contributed by atoms with Crippen LogP contribution < -0.4 is 11.2 Å². The van der Waals surface area contributed by atoms with Crippen LogP contribution in [0.15, 0.2) is 24.3 Å². The van der Waals surface area contributed by atoms with Gasteiger partial charge in [-0.25, -0.2) is 5.48 Å². The fraction of sp³-hybridized carbons (Fsp3) is 0.273. The topological polar surface area (TPSA) is 81.4 Å². The van der Waals surface area contributed by atoms with Crippen LogP contribution in [-0.4, -0.2) is 18.4 Å². The van der Waals surface area contributed by atoms with E-state index in [9.17, 15) is 22.8 Å². The number of primary amides is 1. The van der Waals surface area contributed by atoms with E-state index in [-0.39, 0.29) is 6.42 Å². The summed E-state index contributed by atoms with van der Waals surface area (Å²) in [4.78, 5) is 26.0. The van der Waals surface area contributed by atoms with Gasteiger partial charge in [0.25, 0.3) is 0 Å². The number of amides is 2. The van der Waals surface area contributed by atoms with Crippen LogP contribution in [0.5, 0.6) is 0 Å². The van der Waals surface area contributed by atoms with Gasteiger partial charge in [-0.3, -0.25) is 14.4 Å². The predicted molar refractivity (Wildman–Crippen MR) is 58.4 cm³/mol. The Morgan fingerprint density at radius 1 is 1.21 bits per heavy atom. The van der Waals surface area contributed by atoms with Gasteiger partial charge in [0, 0.05) is 0 Å². The smallest absolute Gasteiger partial charge is 0.368 e. The number of nitrogens with one attached hydrogen (secondary N) is 1. The molecule has 0 heterocycles. The molecule has 0 radical (unpaired) electrons. The summed E-state index contributed by atoms with van der Waals surface area (Å²) in [6, 6.07) is 4.15. The highest BCUT2D eigenvalue weighted by molar-refractivity contribution is 5.78. The van der Waals surface area contributed by atoms with Crippen LogP contribution in [-0.2, 0) is 27.0 Å². The van der Waals surface area contributed by atoms with Crippen LogP contribution in [0.3, 0.4) is 0 Å². The molecule has 0 spiro atoms. The molecule has 0 aromatic heterocycles. The monoisotopic (exact) mass is 276 g/mol. The van der Waals surface area contributed by atoms with E-state index in [0.29, 0.717) is 5.56 Å². The molecule has 2 amide bonds. The zero-order valence-electron chi connectivity index (χ0n) is 9.66. The summed E-state index contributed by atoms with van der Waals surface area (Å²) >= 11 is 0. The number of nitrogens with two attached hydrogens (primary N) is 1. The molecule has 1 aromatic rings. The van der Waals surface area contributed by atoms with Crippen molar-refractivity contribution in [2.24, 2.45) is 5.73 Å². The van der Waals surface area contributed by atoms with Crippen molar-refractivity contribution >= 4 is 11.8 Å².